The van der Waals surface area contributed by atoms with Gasteiger partial charge in [-0.3, -0.25) is 4.79 Å². The van der Waals surface area contributed by atoms with E-state index in [4.69, 9.17) is 4.74 Å². The molecule has 0 bridgehead atoms. The number of aryl methyl sites for hydroxylation is 1. The van der Waals surface area contributed by atoms with Crippen molar-refractivity contribution in [2.24, 2.45) is 12.5 Å². The maximum Gasteiger partial charge on any atom is 0.411 e. The summed E-state index contributed by atoms with van der Waals surface area (Å²) in [6, 6.07) is 21.6. The van der Waals surface area contributed by atoms with Gasteiger partial charge in [-0.15, -0.1) is 0 Å². The van der Waals surface area contributed by atoms with Crippen molar-refractivity contribution in [2.75, 3.05) is 6.54 Å². The van der Waals surface area contributed by atoms with Gasteiger partial charge in [0.1, 0.15) is 5.60 Å². The van der Waals surface area contributed by atoms with Gasteiger partial charge in [-0.1, -0.05) is 75.4 Å². The third kappa shape index (κ3) is 4.93. The predicted octanol–water partition coefficient (Wildman–Crippen LogP) is 6.29. The van der Waals surface area contributed by atoms with Gasteiger partial charge in [0, 0.05) is 32.3 Å². The van der Waals surface area contributed by atoms with Gasteiger partial charge < -0.3 is 14.2 Å². The zero-order valence-corrected chi connectivity index (χ0v) is 20.7. The minimum absolute atomic E-state index is 0.0146. The summed E-state index contributed by atoms with van der Waals surface area (Å²) in [7, 11) is 1.75. The summed E-state index contributed by atoms with van der Waals surface area (Å²) < 4.78 is 7.84. The number of carbonyl (C=O) groups is 1. The van der Waals surface area contributed by atoms with Gasteiger partial charge in [0.25, 0.3) is 0 Å². The minimum Gasteiger partial charge on any atom is -0.438 e. The molecule has 5 heteroatoms. The number of cyclic esters (lactones) is 1. The van der Waals surface area contributed by atoms with Gasteiger partial charge >= 0.3 is 6.09 Å². The smallest absolute Gasteiger partial charge is 0.411 e. The summed E-state index contributed by atoms with van der Waals surface area (Å²) in [5.41, 5.74) is 3.49. The summed E-state index contributed by atoms with van der Waals surface area (Å²) in [4.78, 5) is 26.8. The van der Waals surface area contributed by atoms with Crippen LogP contribution in [0.2, 0.25) is 0 Å². The molecule has 0 spiro atoms. The Morgan fingerprint density at radius 1 is 0.941 bits per heavy atom. The number of pyridine rings is 1. The highest BCUT2D eigenvalue weighted by molar-refractivity contribution is 5.70. The van der Waals surface area contributed by atoms with E-state index < -0.39 is 5.60 Å². The first kappa shape index (κ1) is 23.8. The zero-order valence-electron chi connectivity index (χ0n) is 20.7. The first-order valence-corrected chi connectivity index (χ1v) is 11.9. The first-order valence-electron chi connectivity index (χ1n) is 11.9. The van der Waals surface area contributed by atoms with Crippen molar-refractivity contribution in [2.45, 2.75) is 52.2 Å². The molecule has 2 aromatic carbocycles. The van der Waals surface area contributed by atoms with Crippen molar-refractivity contribution in [3.63, 3.8) is 0 Å². The van der Waals surface area contributed by atoms with Crippen LogP contribution >= 0.6 is 0 Å². The summed E-state index contributed by atoms with van der Waals surface area (Å²) in [5, 5.41) is 0. The summed E-state index contributed by atoms with van der Waals surface area (Å²) in [6.45, 7) is 9.24. The van der Waals surface area contributed by atoms with Crippen molar-refractivity contribution in [1.82, 2.24) is 9.47 Å². The number of amides is 1. The van der Waals surface area contributed by atoms with Gasteiger partial charge in [-0.05, 0) is 47.1 Å². The Morgan fingerprint density at radius 3 is 2.18 bits per heavy atom. The molecule has 2 atom stereocenters. The number of rotatable bonds is 5. The molecule has 1 saturated heterocycles. The monoisotopic (exact) mass is 458 g/mol. The molecule has 178 valence electrons. The van der Waals surface area contributed by atoms with Crippen LogP contribution in [0.1, 0.15) is 57.7 Å². The normalized spacial score (nSPS) is 19.6. The quantitative estimate of drug-likeness (QED) is 0.452. The standard InChI is InChI=1S/C29H34N2O3/c1-21(22-11-13-23(14-12-22)24-15-16-26(32)30(5)19-24)31-18-17-29(34-27(31)33,20-28(2,3)4)25-9-7-6-8-10-25/h6-16,19,21H,17-18,20H2,1-5H3/t21-,29-/m0/s1. The number of hydrogen-bond acceptors (Lipinski definition) is 3. The van der Waals surface area contributed by atoms with Gasteiger partial charge in [-0.25, -0.2) is 4.79 Å². The number of aromatic nitrogens is 1. The van der Waals surface area contributed by atoms with Crippen LogP contribution in [0.4, 0.5) is 4.79 Å². The molecule has 1 aliphatic rings. The molecule has 1 aliphatic heterocycles. The van der Waals surface area contributed by atoms with Crippen molar-refractivity contribution >= 4 is 6.09 Å². The van der Waals surface area contributed by atoms with Crippen LogP contribution in [0.15, 0.2) is 77.7 Å². The van der Waals surface area contributed by atoms with Crippen LogP contribution in [0, 0.1) is 5.41 Å². The van der Waals surface area contributed by atoms with Gasteiger partial charge in [0.05, 0.1) is 6.04 Å². The average Bonchev–Trinajstić information content (AvgIpc) is 2.80. The van der Waals surface area contributed by atoms with Crippen LogP contribution in [0.25, 0.3) is 11.1 Å². The van der Waals surface area contributed by atoms with E-state index in [-0.39, 0.29) is 23.1 Å². The molecule has 3 aromatic rings. The second-order valence-electron chi connectivity index (χ2n) is 10.6. The molecule has 34 heavy (non-hydrogen) atoms. The molecular weight excluding hydrogens is 424 g/mol. The second-order valence-corrected chi connectivity index (χ2v) is 10.6. The van der Waals surface area contributed by atoms with Crippen molar-refractivity contribution in [3.8, 4) is 11.1 Å². The minimum atomic E-state index is -0.611. The molecule has 1 amide bonds. The molecule has 2 heterocycles. The summed E-state index contributed by atoms with van der Waals surface area (Å²) in [5.74, 6) is 0. The lowest BCUT2D eigenvalue weighted by Gasteiger charge is -2.46. The largest absolute Gasteiger partial charge is 0.438 e. The molecule has 0 N–H and O–H groups in total. The van der Waals surface area contributed by atoms with Crippen molar-refractivity contribution in [3.05, 3.63) is 94.4 Å². The highest BCUT2D eigenvalue weighted by Gasteiger charge is 2.45. The van der Waals surface area contributed by atoms with E-state index in [9.17, 15) is 9.59 Å². The highest BCUT2D eigenvalue weighted by atomic mass is 16.6. The third-order valence-corrected chi connectivity index (χ3v) is 6.67. The van der Waals surface area contributed by atoms with E-state index in [2.05, 4.69) is 32.9 Å². The Morgan fingerprint density at radius 2 is 1.59 bits per heavy atom. The van der Waals surface area contributed by atoms with Crippen LogP contribution in [0.3, 0.4) is 0 Å². The Hall–Kier alpha value is -3.34. The number of nitrogens with zero attached hydrogens (tertiary/aromatic N) is 2. The molecule has 0 saturated carbocycles. The lowest BCUT2D eigenvalue weighted by molar-refractivity contribution is -0.0805. The predicted molar refractivity (Wildman–Crippen MR) is 136 cm³/mol. The fourth-order valence-electron chi connectivity index (χ4n) is 4.95. The van der Waals surface area contributed by atoms with E-state index in [0.29, 0.717) is 6.54 Å². The van der Waals surface area contributed by atoms with E-state index >= 15 is 0 Å². The highest BCUT2D eigenvalue weighted by Crippen LogP contribution is 2.44. The number of carbonyl (C=O) groups excluding carboxylic acids is 1. The van der Waals surface area contributed by atoms with E-state index in [0.717, 1.165) is 35.1 Å². The first-order chi connectivity index (χ1) is 16.1. The molecule has 0 radical (unpaired) electrons. The SMILES string of the molecule is C[C@@H](c1ccc(-c2ccc(=O)n(C)c2)cc1)N1CC[C@](CC(C)(C)C)(c2ccccc2)OC1=O. The fourth-order valence-corrected chi connectivity index (χ4v) is 4.95. The summed E-state index contributed by atoms with van der Waals surface area (Å²) >= 11 is 0. The van der Waals surface area contributed by atoms with Crippen LogP contribution < -0.4 is 5.56 Å². The Labute approximate surface area is 202 Å². The average molecular weight is 459 g/mol. The topological polar surface area (TPSA) is 51.5 Å². The molecule has 0 unspecified atom stereocenters. The lowest BCUT2D eigenvalue weighted by Crippen LogP contribution is -2.50. The van der Waals surface area contributed by atoms with Crippen LogP contribution in [-0.4, -0.2) is 22.1 Å². The Bertz CT molecular complexity index is 1210. The molecule has 4 rings (SSSR count). The summed E-state index contributed by atoms with van der Waals surface area (Å²) in [6.07, 6.45) is 3.09. The zero-order chi connectivity index (χ0) is 24.5. The molecular formula is C29H34N2O3. The van der Waals surface area contributed by atoms with Crippen LogP contribution in [-0.2, 0) is 17.4 Å². The van der Waals surface area contributed by atoms with Crippen LogP contribution in [0.5, 0.6) is 0 Å². The maximum atomic E-state index is 13.3. The van der Waals surface area contributed by atoms with E-state index in [1.807, 2.05) is 66.6 Å². The maximum absolute atomic E-state index is 13.3. The third-order valence-electron chi connectivity index (χ3n) is 6.67. The Kier molecular flexibility index (Phi) is 6.39. The van der Waals surface area contributed by atoms with Gasteiger partial charge in [0.15, 0.2) is 0 Å². The lowest BCUT2D eigenvalue weighted by atomic mass is 9.75. The van der Waals surface area contributed by atoms with Gasteiger partial charge in [0.2, 0.25) is 5.56 Å². The van der Waals surface area contributed by atoms with Crippen molar-refractivity contribution in [1.29, 1.82) is 0 Å². The van der Waals surface area contributed by atoms with E-state index in [1.165, 1.54) is 0 Å². The van der Waals surface area contributed by atoms with Crippen molar-refractivity contribution < 1.29 is 9.53 Å². The number of benzene rings is 2. The molecule has 1 fully saturated rings. The fraction of sp³-hybridized carbons (Fsp3) is 0.379. The van der Waals surface area contributed by atoms with Gasteiger partial charge in [-0.2, -0.15) is 0 Å². The number of hydrogen-bond donors (Lipinski definition) is 0. The Balaban J connectivity index is 1.54. The molecule has 1 aromatic heterocycles. The second kappa shape index (κ2) is 9.13. The number of ether oxygens (including phenoxy) is 1. The van der Waals surface area contributed by atoms with E-state index in [1.54, 1.807) is 17.7 Å². The molecule has 0 aliphatic carbocycles. The molecule has 5 nitrogen and oxygen atoms in total.